The summed E-state index contributed by atoms with van der Waals surface area (Å²) in [4.78, 5) is 0. The van der Waals surface area contributed by atoms with Gasteiger partial charge in [0.2, 0.25) is 0 Å². The van der Waals surface area contributed by atoms with Gasteiger partial charge in [-0.05, 0) is 48.8 Å². The van der Waals surface area contributed by atoms with Crippen LogP contribution in [0.3, 0.4) is 0 Å². The van der Waals surface area contributed by atoms with Crippen LogP contribution in [0.5, 0.6) is 0 Å². The van der Waals surface area contributed by atoms with Gasteiger partial charge in [-0.3, -0.25) is 0 Å². The molecule has 1 aromatic rings. The molecule has 0 aliphatic carbocycles. The maximum absolute atomic E-state index is 13.0. The second-order valence-electron chi connectivity index (χ2n) is 6.70. The van der Waals surface area contributed by atoms with Crippen molar-refractivity contribution in [2.24, 2.45) is 5.41 Å². The number of hydrogen-bond donors (Lipinski definition) is 1. The van der Waals surface area contributed by atoms with Crippen molar-refractivity contribution in [3.63, 3.8) is 0 Å². The third-order valence-electron chi connectivity index (χ3n) is 3.56. The van der Waals surface area contributed by atoms with Crippen molar-refractivity contribution in [2.45, 2.75) is 65.4 Å². The lowest BCUT2D eigenvalue weighted by Crippen LogP contribution is -2.26. The van der Waals surface area contributed by atoms with E-state index in [1.54, 1.807) is 12.1 Å². The van der Waals surface area contributed by atoms with Crippen molar-refractivity contribution in [3.8, 4) is 0 Å². The summed E-state index contributed by atoms with van der Waals surface area (Å²) < 4.78 is 13.0. The summed E-state index contributed by atoms with van der Waals surface area (Å²) in [6, 6.07) is 6.28. The Kier molecular flexibility index (Phi) is 5.54. The van der Waals surface area contributed by atoms with Gasteiger partial charge in [-0.1, -0.05) is 46.2 Å². The van der Waals surface area contributed by atoms with Crippen LogP contribution in [0.1, 0.15) is 65.4 Å². The fourth-order valence-electron chi connectivity index (χ4n) is 2.50. The molecule has 0 aliphatic heterocycles. The van der Waals surface area contributed by atoms with E-state index in [0.29, 0.717) is 0 Å². The molecule has 0 saturated carbocycles. The molecule has 1 unspecified atom stereocenters. The third-order valence-corrected chi connectivity index (χ3v) is 3.56. The second-order valence-corrected chi connectivity index (χ2v) is 6.70. The number of aliphatic hydroxyl groups is 1. The van der Waals surface area contributed by atoms with Crippen molar-refractivity contribution >= 4 is 0 Å². The van der Waals surface area contributed by atoms with Crippen LogP contribution >= 0.6 is 0 Å². The minimum atomic E-state index is -0.812. The Morgan fingerprint density at radius 3 is 2.05 bits per heavy atom. The van der Waals surface area contributed by atoms with Gasteiger partial charge < -0.3 is 5.11 Å². The molecule has 1 N–H and O–H groups in total. The zero-order valence-corrected chi connectivity index (χ0v) is 12.7. The highest BCUT2D eigenvalue weighted by Crippen LogP contribution is 2.34. The highest BCUT2D eigenvalue weighted by atomic mass is 19.1. The van der Waals surface area contributed by atoms with Gasteiger partial charge in [0.1, 0.15) is 5.82 Å². The molecule has 1 rings (SSSR count). The van der Waals surface area contributed by atoms with Gasteiger partial charge in [0, 0.05) is 0 Å². The Balaban J connectivity index is 2.76. The topological polar surface area (TPSA) is 20.2 Å². The molecule has 1 atom stereocenters. The minimum absolute atomic E-state index is 0.253. The van der Waals surface area contributed by atoms with Gasteiger partial charge in [-0.25, -0.2) is 4.39 Å². The number of hydrogen-bond acceptors (Lipinski definition) is 1. The normalized spacial score (nSPS) is 15.3. The quantitative estimate of drug-likeness (QED) is 0.765. The molecule has 0 spiro atoms. The first-order valence-corrected chi connectivity index (χ1v) is 7.25. The van der Waals surface area contributed by atoms with E-state index in [9.17, 15) is 9.50 Å². The van der Waals surface area contributed by atoms with Crippen molar-refractivity contribution in [1.29, 1.82) is 0 Å². The van der Waals surface area contributed by atoms with Crippen molar-refractivity contribution < 1.29 is 9.50 Å². The third kappa shape index (κ3) is 5.32. The lowest BCUT2D eigenvalue weighted by Gasteiger charge is -2.30. The van der Waals surface area contributed by atoms with Crippen LogP contribution in [-0.2, 0) is 5.60 Å². The Hall–Kier alpha value is -0.890. The largest absolute Gasteiger partial charge is 0.385 e. The van der Waals surface area contributed by atoms with E-state index in [0.717, 1.165) is 37.7 Å². The van der Waals surface area contributed by atoms with E-state index in [1.807, 2.05) is 0 Å². The summed E-state index contributed by atoms with van der Waals surface area (Å²) in [5.74, 6) is -0.253. The van der Waals surface area contributed by atoms with Crippen LogP contribution in [0.4, 0.5) is 4.39 Å². The highest BCUT2D eigenvalue weighted by molar-refractivity contribution is 5.23. The van der Waals surface area contributed by atoms with Gasteiger partial charge in [-0.2, -0.15) is 0 Å². The van der Waals surface area contributed by atoms with Crippen molar-refractivity contribution in [1.82, 2.24) is 0 Å². The summed E-state index contributed by atoms with van der Waals surface area (Å²) in [6.07, 6.45) is 4.45. The molecule has 0 aliphatic rings. The van der Waals surface area contributed by atoms with E-state index in [4.69, 9.17) is 0 Å². The zero-order valence-electron chi connectivity index (χ0n) is 12.7. The summed E-state index contributed by atoms with van der Waals surface area (Å²) in [5, 5.41) is 10.8. The molecular formula is C17H27FO. The molecule has 0 aromatic heterocycles. The smallest absolute Gasteiger partial charge is 0.123 e. The molecule has 1 aromatic carbocycles. The maximum atomic E-state index is 13.0. The van der Waals surface area contributed by atoms with E-state index >= 15 is 0 Å². The lowest BCUT2D eigenvalue weighted by molar-refractivity contribution is 0.0131. The number of halogens is 1. The Morgan fingerprint density at radius 1 is 1.00 bits per heavy atom. The molecule has 0 saturated heterocycles. The van der Waals surface area contributed by atoms with E-state index in [2.05, 4.69) is 27.7 Å². The van der Waals surface area contributed by atoms with Gasteiger partial charge in [0.05, 0.1) is 5.60 Å². The standard InChI is InChI=1S/C17H27FO/c1-5-11-17(19,13-6-12-16(2,3)4)14-7-9-15(18)10-8-14/h7-10,19H,5-6,11-13H2,1-4H3. The van der Waals surface area contributed by atoms with Crippen molar-refractivity contribution in [2.75, 3.05) is 0 Å². The predicted molar refractivity (Wildman–Crippen MR) is 78.5 cm³/mol. The van der Waals surface area contributed by atoms with Crippen molar-refractivity contribution in [3.05, 3.63) is 35.6 Å². The molecule has 0 fully saturated rings. The molecule has 1 nitrogen and oxygen atoms in total. The van der Waals surface area contributed by atoms with Crippen LogP contribution in [0, 0.1) is 11.2 Å². The Bertz CT molecular complexity index is 377. The lowest BCUT2D eigenvalue weighted by atomic mass is 9.81. The molecule has 0 heterocycles. The van der Waals surface area contributed by atoms with Gasteiger partial charge in [0.25, 0.3) is 0 Å². The molecular weight excluding hydrogens is 239 g/mol. The van der Waals surface area contributed by atoms with E-state index < -0.39 is 5.60 Å². The average Bonchev–Trinajstić information content (AvgIpc) is 2.28. The highest BCUT2D eigenvalue weighted by Gasteiger charge is 2.28. The molecule has 108 valence electrons. The van der Waals surface area contributed by atoms with Crippen LogP contribution in [0.25, 0.3) is 0 Å². The van der Waals surface area contributed by atoms with Crippen LogP contribution in [0.2, 0.25) is 0 Å². The molecule has 0 bridgehead atoms. The predicted octanol–water partition coefficient (Wildman–Crippen LogP) is 5.03. The van der Waals surface area contributed by atoms with Crippen LogP contribution < -0.4 is 0 Å². The molecule has 19 heavy (non-hydrogen) atoms. The van der Waals surface area contributed by atoms with Gasteiger partial charge >= 0.3 is 0 Å². The van der Waals surface area contributed by atoms with Gasteiger partial charge in [-0.15, -0.1) is 0 Å². The summed E-state index contributed by atoms with van der Waals surface area (Å²) >= 11 is 0. The second kappa shape index (κ2) is 6.51. The number of rotatable bonds is 6. The SMILES string of the molecule is CCCC(O)(CCCC(C)(C)C)c1ccc(F)cc1. The first kappa shape index (κ1) is 16.2. The fourth-order valence-corrected chi connectivity index (χ4v) is 2.50. The van der Waals surface area contributed by atoms with E-state index in [-0.39, 0.29) is 11.2 Å². The van der Waals surface area contributed by atoms with Crippen LogP contribution in [-0.4, -0.2) is 5.11 Å². The van der Waals surface area contributed by atoms with Crippen LogP contribution in [0.15, 0.2) is 24.3 Å². The summed E-state index contributed by atoms with van der Waals surface area (Å²) in [6.45, 7) is 8.70. The zero-order chi connectivity index (χ0) is 14.5. The number of benzene rings is 1. The first-order valence-electron chi connectivity index (χ1n) is 7.25. The molecule has 0 amide bonds. The molecule has 0 radical (unpaired) electrons. The Labute approximate surface area is 116 Å². The van der Waals surface area contributed by atoms with E-state index in [1.165, 1.54) is 12.1 Å². The summed E-state index contributed by atoms with van der Waals surface area (Å²) in [7, 11) is 0. The monoisotopic (exact) mass is 266 g/mol. The molecule has 2 heteroatoms. The maximum Gasteiger partial charge on any atom is 0.123 e. The minimum Gasteiger partial charge on any atom is -0.385 e. The summed E-state index contributed by atoms with van der Waals surface area (Å²) in [5.41, 5.74) is 0.313. The van der Waals surface area contributed by atoms with Gasteiger partial charge in [0.15, 0.2) is 0 Å². The Morgan fingerprint density at radius 2 is 1.58 bits per heavy atom. The fraction of sp³-hybridized carbons (Fsp3) is 0.647. The first-order chi connectivity index (χ1) is 8.77. The average molecular weight is 266 g/mol.